The number of amides is 1. The molecule has 3 aromatic rings. The fourth-order valence-electron chi connectivity index (χ4n) is 5.13. The Balaban J connectivity index is 1.45. The monoisotopic (exact) mass is 635 g/mol. The Kier molecular flexibility index (Phi) is 10.2. The van der Waals surface area contributed by atoms with Crippen molar-refractivity contribution < 1.29 is 18.7 Å². The summed E-state index contributed by atoms with van der Waals surface area (Å²) in [6.07, 6.45) is 4.27. The standard InChI is InChI=1S/C36H31ClFN5O3/c1-40-34-23(21-42-35(29-18-24(37)11-15-27(29)34)33-30(38)7-4-8-31(33)45-2)20-41-26-14-16-28(32(19-26)46-3)36(44)43-25-12-9-22(10-13-25)6-5-17-39/h8-16,18-20H,1,4,7,17,21,39H2,2-3H3,(H,43,44)/b41-20-. The van der Waals surface area contributed by atoms with Crippen molar-refractivity contribution in [1.29, 1.82) is 0 Å². The van der Waals surface area contributed by atoms with Crippen molar-refractivity contribution in [3.8, 4) is 17.6 Å². The van der Waals surface area contributed by atoms with Gasteiger partial charge in [-0.05, 0) is 67.7 Å². The third-order valence-electron chi connectivity index (χ3n) is 7.31. The number of nitrogens with one attached hydrogen (secondary N) is 1. The van der Waals surface area contributed by atoms with Crippen LogP contribution in [0, 0.1) is 11.8 Å². The van der Waals surface area contributed by atoms with Gasteiger partial charge >= 0.3 is 0 Å². The lowest BCUT2D eigenvalue weighted by molar-refractivity contribution is 0.102. The van der Waals surface area contributed by atoms with E-state index in [4.69, 9.17) is 31.8 Å². The van der Waals surface area contributed by atoms with Crippen molar-refractivity contribution >= 4 is 53.2 Å². The smallest absolute Gasteiger partial charge is 0.259 e. The zero-order chi connectivity index (χ0) is 32.6. The summed E-state index contributed by atoms with van der Waals surface area (Å²) in [5.74, 6) is 5.85. The number of nitrogens with two attached hydrogens (primary N) is 1. The molecule has 0 saturated heterocycles. The van der Waals surface area contributed by atoms with E-state index in [-0.39, 0.29) is 31.2 Å². The van der Waals surface area contributed by atoms with Gasteiger partial charge in [0.1, 0.15) is 17.3 Å². The Morgan fingerprint density at radius 1 is 1.13 bits per heavy atom. The minimum absolute atomic E-state index is 0.140. The van der Waals surface area contributed by atoms with E-state index in [9.17, 15) is 4.79 Å². The minimum atomic E-state index is -0.344. The van der Waals surface area contributed by atoms with E-state index in [0.717, 1.165) is 5.56 Å². The molecule has 1 aliphatic heterocycles. The number of anilines is 1. The Morgan fingerprint density at radius 3 is 2.65 bits per heavy atom. The summed E-state index contributed by atoms with van der Waals surface area (Å²) < 4.78 is 26.4. The fraction of sp³-hybridized carbons (Fsp3) is 0.167. The third kappa shape index (κ3) is 6.99. The highest BCUT2D eigenvalue weighted by atomic mass is 35.5. The SMILES string of the molecule is C=NC1=C(/C=N\c2ccc(C(=O)Nc3ccc(C#CCN)cc3)c(OC)c2)CN=C(C2=C(F)CCC=C2OC)c2cc(Cl)ccc21. The maximum absolute atomic E-state index is 15.3. The number of rotatable bonds is 8. The number of carbonyl (C=O) groups is 1. The first-order valence-corrected chi connectivity index (χ1v) is 14.7. The Bertz CT molecular complexity index is 1910. The molecule has 0 unspecified atom stereocenters. The molecule has 0 spiro atoms. The van der Waals surface area contributed by atoms with E-state index in [1.165, 1.54) is 14.2 Å². The number of benzene rings is 3. The molecule has 8 nitrogen and oxygen atoms in total. The molecule has 5 rings (SSSR count). The van der Waals surface area contributed by atoms with Crippen molar-refractivity contribution in [1.82, 2.24) is 0 Å². The van der Waals surface area contributed by atoms with Gasteiger partial charge in [-0.15, -0.1) is 0 Å². The molecule has 2 aliphatic rings. The number of hydrogen-bond donors (Lipinski definition) is 2. The van der Waals surface area contributed by atoms with E-state index < -0.39 is 0 Å². The van der Waals surface area contributed by atoms with Gasteiger partial charge in [-0.1, -0.05) is 29.5 Å². The van der Waals surface area contributed by atoms with Crippen LogP contribution in [0.4, 0.5) is 15.8 Å². The molecule has 0 saturated carbocycles. The third-order valence-corrected chi connectivity index (χ3v) is 7.54. The molecule has 0 bridgehead atoms. The molecule has 0 atom stereocenters. The van der Waals surface area contributed by atoms with Gasteiger partial charge in [-0.2, -0.15) is 0 Å². The quantitative estimate of drug-likeness (QED) is 0.204. The number of hydrogen-bond acceptors (Lipinski definition) is 7. The molecule has 10 heteroatoms. The first-order chi connectivity index (χ1) is 22.4. The average molecular weight is 636 g/mol. The highest BCUT2D eigenvalue weighted by molar-refractivity contribution is 6.31. The van der Waals surface area contributed by atoms with Gasteiger partial charge in [-0.25, -0.2) is 4.39 Å². The second-order valence-corrected chi connectivity index (χ2v) is 10.6. The van der Waals surface area contributed by atoms with Gasteiger partial charge in [0, 0.05) is 51.7 Å². The van der Waals surface area contributed by atoms with Gasteiger partial charge in [0.05, 0.1) is 55.5 Å². The van der Waals surface area contributed by atoms with Crippen LogP contribution in [0.15, 0.2) is 104 Å². The largest absolute Gasteiger partial charge is 0.496 e. The van der Waals surface area contributed by atoms with Gasteiger partial charge in [-0.3, -0.25) is 19.8 Å². The first kappa shape index (κ1) is 32.1. The van der Waals surface area contributed by atoms with Gasteiger partial charge in [0.15, 0.2) is 0 Å². The van der Waals surface area contributed by atoms with Crippen LogP contribution in [-0.2, 0) is 4.74 Å². The van der Waals surface area contributed by atoms with E-state index in [0.29, 0.717) is 73.6 Å². The normalized spacial score (nSPS) is 14.5. The maximum atomic E-state index is 15.3. The van der Waals surface area contributed by atoms with E-state index in [2.05, 4.69) is 33.9 Å². The predicted molar refractivity (Wildman–Crippen MR) is 183 cm³/mol. The number of fused-ring (bicyclic) bond motifs is 1. The molecule has 232 valence electrons. The van der Waals surface area contributed by atoms with Crippen LogP contribution >= 0.6 is 11.6 Å². The molecule has 1 amide bonds. The van der Waals surface area contributed by atoms with Crippen LogP contribution in [0.5, 0.6) is 5.75 Å². The second kappa shape index (κ2) is 14.7. The van der Waals surface area contributed by atoms with Crippen LogP contribution in [0.1, 0.15) is 39.9 Å². The summed E-state index contributed by atoms with van der Waals surface area (Å²) >= 11 is 6.39. The highest BCUT2D eigenvalue weighted by Gasteiger charge is 2.28. The van der Waals surface area contributed by atoms with Crippen molar-refractivity contribution in [3.63, 3.8) is 0 Å². The van der Waals surface area contributed by atoms with E-state index in [1.54, 1.807) is 60.8 Å². The molecule has 3 aromatic carbocycles. The van der Waals surface area contributed by atoms with Crippen molar-refractivity contribution in [2.75, 3.05) is 32.6 Å². The highest BCUT2D eigenvalue weighted by Crippen LogP contribution is 2.36. The minimum Gasteiger partial charge on any atom is -0.496 e. The topological polar surface area (TPSA) is 111 Å². The van der Waals surface area contributed by atoms with Crippen LogP contribution in [0.3, 0.4) is 0 Å². The lowest BCUT2D eigenvalue weighted by Crippen LogP contribution is -2.14. The lowest BCUT2D eigenvalue weighted by atomic mass is 9.91. The molecular weight excluding hydrogens is 605 g/mol. The Hall–Kier alpha value is -5.30. The molecule has 1 aliphatic carbocycles. The number of allylic oxidation sites excluding steroid dienone is 3. The summed E-state index contributed by atoms with van der Waals surface area (Å²) in [6, 6.07) is 17.4. The summed E-state index contributed by atoms with van der Waals surface area (Å²) in [6.45, 7) is 4.21. The molecule has 3 N–H and O–H groups in total. The number of carbonyl (C=O) groups excluding carboxylic acids is 1. The number of halogens is 2. The van der Waals surface area contributed by atoms with E-state index >= 15 is 4.39 Å². The fourth-order valence-corrected chi connectivity index (χ4v) is 5.30. The molecular formula is C36H31ClFN5O3. The van der Waals surface area contributed by atoms with Crippen LogP contribution < -0.4 is 15.8 Å². The number of methoxy groups -OCH3 is 2. The molecule has 46 heavy (non-hydrogen) atoms. The van der Waals surface area contributed by atoms with Crippen molar-refractivity contribution in [2.24, 2.45) is 20.7 Å². The zero-order valence-electron chi connectivity index (χ0n) is 25.4. The lowest BCUT2D eigenvalue weighted by Gasteiger charge is -2.20. The average Bonchev–Trinajstić information content (AvgIpc) is 3.22. The van der Waals surface area contributed by atoms with Crippen LogP contribution in [-0.4, -0.2) is 51.9 Å². The molecule has 0 fully saturated rings. The van der Waals surface area contributed by atoms with Gasteiger partial charge in [0.2, 0.25) is 0 Å². The van der Waals surface area contributed by atoms with Crippen LogP contribution in [0.2, 0.25) is 5.02 Å². The molecule has 0 radical (unpaired) electrons. The number of ether oxygens (including phenoxy) is 2. The van der Waals surface area contributed by atoms with Crippen molar-refractivity contribution in [3.05, 3.63) is 117 Å². The maximum Gasteiger partial charge on any atom is 0.259 e. The number of nitrogens with zero attached hydrogens (tertiary/aromatic N) is 3. The van der Waals surface area contributed by atoms with E-state index in [1.807, 2.05) is 12.1 Å². The Morgan fingerprint density at radius 2 is 1.93 bits per heavy atom. The summed E-state index contributed by atoms with van der Waals surface area (Å²) in [5, 5.41) is 3.34. The summed E-state index contributed by atoms with van der Waals surface area (Å²) in [5.41, 5.74) is 10.9. The first-order valence-electron chi connectivity index (χ1n) is 14.4. The second-order valence-electron chi connectivity index (χ2n) is 10.2. The zero-order valence-corrected chi connectivity index (χ0v) is 26.1. The number of aliphatic imine (C=N–C) groups is 3. The van der Waals surface area contributed by atoms with Crippen molar-refractivity contribution in [2.45, 2.75) is 12.8 Å². The van der Waals surface area contributed by atoms with Gasteiger partial charge in [0.25, 0.3) is 5.91 Å². The predicted octanol–water partition coefficient (Wildman–Crippen LogP) is 7.08. The van der Waals surface area contributed by atoms with Crippen LogP contribution in [0.25, 0.3) is 5.70 Å². The molecule has 1 heterocycles. The molecule has 0 aromatic heterocycles. The Labute approximate surface area is 271 Å². The van der Waals surface area contributed by atoms with Gasteiger partial charge < -0.3 is 20.5 Å². The summed E-state index contributed by atoms with van der Waals surface area (Å²) in [7, 11) is 2.99. The summed E-state index contributed by atoms with van der Waals surface area (Å²) in [4.78, 5) is 26.9.